The van der Waals surface area contributed by atoms with Crippen LogP contribution >= 0.6 is 23.2 Å². The van der Waals surface area contributed by atoms with Crippen LogP contribution in [0, 0.1) is 0 Å². The summed E-state index contributed by atoms with van der Waals surface area (Å²) in [5, 5.41) is 3.29. The molecule has 0 radical (unpaired) electrons. The first-order chi connectivity index (χ1) is 10.0. The summed E-state index contributed by atoms with van der Waals surface area (Å²) >= 11 is 11.6. The minimum Gasteiger partial charge on any atom is -0.496 e. The zero-order chi connectivity index (χ0) is 15.4. The van der Waals surface area contributed by atoms with Crippen LogP contribution in [-0.2, 0) is 0 Å². The molecular formula is C15H14Cl2N2O2. The van der Waals surface area contributed by atoms with Crippen LogP contribution in [0.15, 0.2) is 36.5 Å². The molecule has 0 fully saturated rings. The molecular weight excluding hydrogens is 311 g/mol. The second-order valence-electron chi connectivity index (χ2n) is 4.43. The van der Waals surface area contributed by atoms with Crippen LogP contribution in [0.3, 0.4) is 0 Å². The maximum Gasteiger partial charge on any atom is 0.253 e. The predicted molar refractivity (Wildman–Crippen MR) is 83.1 cm³/mol. The molecule has 1 aromatic heterocycles. The number of amides is 1. The Kier molecular flexibility index (Phi) is 5.04. The first-order valence-electron chi connectivity index (χ1n) is 6.27. The van der Waals surface area contributed by atoms with Crippen LogP contribution in [0.4, 0.5) is 0 Å². The molecule has 0 aliphatic carbocycles. The third kappa shape index (κ3) is 3.65. The van der Waals surface area contributed by atoms with Gasteiger partial charge in [-0.1, -0.05) is 41.4 Å². The predicted octanol–water partition coefficient (Wildman–Crippen LogP) is 3.89. The first-order valence-corrected chi connectivity index (χ1v) is 7.03. The summed E-state index contributed by atoms with van der Waals surface area (Å²) in [6, 6.07) is 8.78. The van der Waals surface area contributed by atoms with E-state index in [1.165, 1.54) is 12.3 Å². The average Bonchev–Trinajstić information content (AvgIpc) is 2.49. The molecule has 6 heteroatoms. The molecule has 1 N–H and O–H groups in total. The van der Waals surface area contributed by atoms with Crippen LogP contribution in [-0.4, -0.2) is 18.0 Å². The number of nitrogens with one attached hydrogen (secondary N) is 1. The molecule has 21 heavy (non-hydrogen) atoms. The Morgan fingerprint density at radius 1 is 1.33 bits per heavy atom. The summed E-state index contributed by atoms with van der Waals surface area (Å²) in [5.74, 6) is 0.442. The van der Waals surface area contributed by atoms with E-state index in [1.54, 1.807) is 7.11 Å². The molecule has 1 unspecified atom stereocenters. The van der Waals surface area contributed by atoms with E-state index in [0.717, 1.165) is 11.3 Å². The van der Waals surface area contributed by atoms with Crippen LogP contribution in [0.5, 0.6) is 5.75 Å². The van der Waals surface area contributed by atoms with Crippen LogP contribution in [0.25, 0.3) is 0 Å². The summed E-state index contributed by atoms with van der Waals surface area (Å²) in [5.41, 5.74) is 1.24. The van der Waals surface area contributed by atoms with Gasteiger partial charge in [0.05, 0.1) is 23.7 Å². The number of halogens is 2. The lowest BCUT2D eigenvalue weighted by Crippen LogP contribution is -2.27. The SMILES string of the molecule is COc1ccccc1C(C)NC(=O)c1cnc(Cl)c(Cl)c1. The number of carbonyl (C=O) groups is 1. The summed E-state index contributed by atoms with van der Waals surface area (Å²) in [7, 11) is 1.59. The molecule has 1 heterocycles. The van der Waals surface area contributed by atoms with E-state index in [9.17, 15) is 4.79 Å². The number of pyridine rings is 1. The van der Waals surface area contributed by atoms with Crippen molar-refractivity contribution < 1.29 is 9.53 Å². The number of ether oxygens (including phenoxy) is 1. The van der Waals surface area contributed by atoms with Gasteiger partial charge in [-0.25, -0.2) is 4.98 Å². The van der Waals surface area contributed by atoms with E-state index < -0.39 is 0 Å². The molecule has 4 nitrogen and oxygen atoms in total. The van der Waals surface area contributed by atoms with Crippen LogP contribution in [0.2, 0.25) is 10.2 Å². The maximum absolute atomic E-state index is 12.2. The zero-order valence-corrected chi connectivity index (χ0v) is 13.1. The van der Waals surface area contributed by atoms with Gasteiger partial charge in [-0.3, -0.25) is 4.79 Å². The largest absolute Gasteiger partial charge is 0.496 e. The highest BCUT2D eigenvalue weighted by molar-refractivity contribution is 6.41. The molecule has 0 saturated heterocycles. The van der Waals surface area contributed by atoms with Gasteiger partial charge in [-0.15, -0.1) is 0 Å². The summed E-state index contributed by atoms with van der Waals surface area (Å²) in [6.45, 7) is 1.88. The van der Waals surface area contributed by atoms with Crippen LogP contribution < -0.4 is 10.1 Å². The van der Waals surface area contributed by atoms with E-state index >= 15 is 0 Å². The number of benzene rings is 1. The number of carbonyl (C=O) groups excluding carboxylic acids is 1. The molecule has 1 amide bonds. The molecule has 1 aromatic carbocycles. The molecule has 0 aliphatic rings. The molecule has 0 spiro atoms. The Balaban J connectivity index is 2.16. The molecule has 0 saturated carbocycles. The summed E-state index contributed by atoms with van der Waals surface area (Å²) in [6.07, 6.45) is 1.39. The minimum atomic E-state index is -0.278. The smallest absolute Gasteiger partial charge is 0.253 e. The van der Waals surface area contributed by atoms with Crippen molar-refractivity contribution in [3.05, 3.63) is 57.8 Å². The van der Waals surface area contributed by atoms with E-state index in [1.807, 2.05) is 31.2 Å². The Morgan fingerprint density at radius 3 is 2.71 bits per heavy atom. The van der Waals surface area contributed by atoms with Crippen molar-refractivity contribution in [1.29, 1.82) is 0 Å². The second kappa shape index (κ2) is 6.78. The van der Waals surface area contributed by atoms with Crippen molar-refractivity contribution in [3.63, 3.8) is 0 Å². The van der Waals surface area contributed by atoms with Crippen molar-refractivity contribution in [2.75, 3.05) is 7.11 Å². The van der Waals surface area contributed by atoms with Crippen molar-refractivity contribution >= 4 is 29.1 Å². The normalized spacial score (nSPS) is 11.8. The van der Waals surface area contributed by atoms with Gasteiger partial charge in [0.15, 0.2) is 0 Å². The number of hydrogen-bond acceptors (Lipinski definition) is 3. The second-order valence-corrected chi connectivity index (χ2v) is 5.20. The topological polar surface area (TPSA) is 51.2 Å². The fourth-order valence-electron chi connectivity index (χ4n) is 1.93. The number of rotatable bonds is 4. The third-order valence-electron chi connectivity index (χ3n) is 3.01. The number of para-hydroxylation sites is 1. The minimum absolute atomic E-state index is 0.172. The van der Waals surface area contributed by atoms with E-state index in [2.05, 4.69) is 10.3 Å². The molecule has 110 valence electrons. The number of methoxy groups -OCH3 is 1. The lowest BCUT2D eigenvalue weighted by Gasteiger charge is -2.17. The fourth-order valence-corrected chi connectivity index (χ4v) is 2.20. The van der Waals surface area contributed by atoms with Gasteiger partial charge in [-0.2, -0.15) is 0 Å². The standard InChI is InChI=1S/C15H14Cl2N2O2/c1-9(11-5-3-4-6-13(11)21-2)19-15(20)10-7-12(16)14(17)18-8-10/h3-9H,1-2H3,(H,19,20). The van der Waals surface area contributed by atoms with Crippen molar-refractivity contribution in [2.45, 2.75) is 13.0 Å². The number of hydrogen-bond donors (Lipinski definition) is 1. The summed E-state index contributed by atoms with van der Waals surface area (Å²) < 4.78 is 5.29. The lowest BCUT2D eigenvalue weighted by atomic mass is 10.1. The Morgan fingerprint density at radius 2 is 2.05 bits per heavy atom. The number of nitrogens with zero attached hydrogens (tertiary/aromatic N) is 1. The number of aromatic nitrogens is 1. The highest BCUT2D eigenvalue weighted by atomic mass is 35.5. The van der Waals surface area contributed by atoms with Crippen molar-refractivity contribution in [2.24, 2.45) is 0 Å². The molecule has 2 rings (SSSR count). The molecule has 0 aliphatic heterocycles. The first kappa shape index (κ1) is 15.6. The van der Waals surface area contributed by atoms with Gasteiger partial charge in [0.25, 0.3) is 5.91 Å². The van der Waals surface area contributed by atoms with Crippen molar-refractivity contribution in [3.8, 4) is 5.75 Å². The Labute approximate surface area is 133 Å². The Bertz CT molecular complexity index is 662. The molecule has 0 bridgehead atoms. The highest BCUT2D eigenvalue weighted by Gasteiger charge is 2.15. The van der Waals surface area contributed by atoms with Gasteiger partial charge in [0.1, 0.15) is 10.9 Å². The van der Waals surface area contributed by atoms with Crippen LogP contribution in [0.1, 0.15) is 28.9 Å². The summed E-state index contributed by atoms with van der Waals surface area (Å²) in [4.78, 5) is 16.1. The molecule has 1 atom stereocenters. The van der Waals surface area contributed by atoms with Gasteiger partial charge in [-0.05, 0) is 19.1 Å². The fraction of sp³-hybridized carbons (Fsp3) is 0.200. The Hall–Kier alpha value is -1.78. The average molecular weight is 325 g/mol. The monoisotopic (exact) mass is 324 g/mol. The van der Waals surface area contributed by atoms with Crippen molar-refractivity contribution in [1.82, 2.24) is 10.3 Å². The van der Waals surface area contributed by atoms with Gasteiger partial charge in [0, 0.05) is 11.8 Å². The quantitative estimate of drug-likeness (QED) is 0.868. The van der Waals surface area contributed by atoms with Gasteiger partial charge < -0.3 is 10.1 Å². The van der Waals surface area contributed by atoms with E-state index in [0.29, 0.717) is 5.56 Å². The van der Waals surface area contributed by atoms with Gasteiger partial charge in [0.2, 0.25) is 0 Å². The maximum atomic E-state index is 12.2. The van der Waals surface area contributed by atoms with Gasteiger partial charge >= 0.3 is 0 Å². The lowest BCUT2D eigenvalue weighted by molar-refractivity contribution is 0.0939. The molecule has 2 aromatic rings. The highest BCUT2D eigenvalue weighted by Crippen LogP contribution is 2.25. The van der Waals surface area contributed by atoms with E-state index in [-0.39, 0.29) is 22.1 Å². The van der Waals surface area contributed by atoms with E-state index in [4.69, 9.17) is 27.9 Å². The third-order valence-corrected chi connectivity index (χ3v) is 3.70. The zero-order valence-electron chi connectivity index (χ0n) is 11.6.